The van der Waals surface area contributed by atoms with Crippen LogP contribution in [-0.2, 0) is 4.79 Å². The number of amides is 1. The molecule has 0 unspecified atom stereocenters. The normalized spacial score (nSPS) is 12.6. The van der Waals surface area contributed by atoms with Gasteiger partial charge in [-0.3, -0.25) is 4.79 Å². The quantitative estimate of drug-likeness (QED) is 0.838. The molecule has 0 fully saturated rings. The molecule has 18 heavy (non-hydrogen) atoms. The number of carbonyl (C=O) groups is 1. The molecule has 0 bridgehead atoms. The summed E-state index contributed by atoms with van der Waals surface area (Å²) in [4.78, 5) is 11.7. The van der Waals surface area contributed by atoms with Crippen molar-refractivity contribution in [3.8, 4) is 0 Å². The topological polar surface area (TPSA) is 55.1 Å². The van der Waals surface area contributed by atoms with Gasteiger partial charge in [0.25, 0.3) is 0 Å². The largest absolute Gasteiger partial charge is 0.322 e. The van der Waals surface area contributed by atoms with E-state index in [1.165, 1.54) is 6.07 Å². The van der Waals surface area contributed by atoms with E-state index in [0.29, 0.717) is 12.5 Å². The molecule has 3 N–H and O–H groups in total. The van der Waals surface area contributed by atoms with Crippen molar-refractivity contribution in [2.24, 2.45) is 11.7 Å². The van der Waals surface area contributed by atoms with Gasteiger partial charge in [-0.2, -0.15) is 0 Å². The van der Waals surface area contributed by atoms with Crippen LogP contribution in [0.4, 0.5) is 14.5 Å². The van der Waals surface area contributed by atoms with Crippen LogP contribution in [0.3, 0.4) is 0 Å². The minimum absolute atomic E-state index is 0.0802. The van der Waals surface area contributed by atoms with Crippen LogP contribution >= 0.6 is 15.9 Å². The first-order chi connectivity index (χ1) is 8.31. The van der Waals surface area contributed by atoms with E-state index in [0.717, 1.165) is 0 Å². The number of nitrogens with two attached hydrogens (primary N) is 1. The van der Waals surface area contributed by atoms with E-state index in [9.17, 15) is 13.6 Å². The van der Waals surface area contributed by atoms with Crippen LogP contribution in [0.1, 0.15) is 20.3 Å². The fourth-order valence-electron chi connectivity index (χ4n) is 1.46. The van der Waals surface area contributed by atoms with Crippen LogP contribution < -0.4 is 11.1 Å². The molecule has 1 aromatic carbocycles. The Morgan fingerprint density at radius 3 is 2.56 bits per heavy atom. The molecule has 6 heteroatoms. The summed E-state index contributed by atoms with van der Waals surface area (Å²) in [5.41, 5.74) is 5.57. The zero-order chi connectivity index (χ0) is 13.9. The van der Waals surface area contributed by atoms with Gasteiger partial charge < -0.3 is 11.1 Å². The Balaban J connectivity index is 2.79. The number of halogens is 3. The molecule has 0 spiro atoms. The summed E-state index contributed by atoms with van der Waals surface area (Å²) in [5.74, 6) is -1.78. The van der Waals surface area contributed by atoms with Crippen LogP contribution in [0, 0.1) is 17.6 Å². The Labute approximate surface area is 113 Å². The Morgan fingerprint density at radius 1 is 1.39 bits per heavy atom. The van der Waals surface area contributed by atoms with Crippen molar-refractivity contribution in [1.82, 2.24) is 0 Å². The molecule has 0 saturated heterocycles. The summed E-state index contributed by atoms with van der Waals surface area (Å²) in [6.07, 6.45) is 0.496. The van der Waals surface area contributed by atoms with Gasteiger partial charge in [-0.1, -0.05) is 13.8 Å². The van der Waals surface area contributed by atoms with Gasteiger partial charge in [0.1, 0.15) is 11.6 Å². The predicted octanol–water partition coefficient (Wildman–Crippen LogP) is 3.04. The third-order valence-electron chi connectivity index (χ3n) is 2.33. The highest BCUT2D eigenvalue weighted by atomic mass is 79.9. The van der Waals surface area contributed by atoms with E-state index in [2.05, 4.69) is 21.2 Å². The highest BCUT2D eigenvalue weighted by Gasteiger charge is 2.17. The fraction of sp³-hybridized carbons (Fsp3) is 0.417. The highest BCUT2D eigenvalue weighted by Crippen LogP contribution is 2.23. The summed E-state index contributed by atoms with van der Waals surface area (Å²) in [7, 11) is 0. The lowest BCUT2D eigenvalue weighted by Gasteiger charge is -2.14. The van der Waals surface area contributed by atoms with Gasteiger partial charge >= 0.3 is 0 Å². The summed E-state index contributed by atoms with van der Waals surface area (Å²) >= 11 is 2.92. The second-order valence-corrected chi connectivity index (χ2v) is 5.33. The second kappa shape index (κ2) is 6.24. The van der Waals surface area contributed by atoms with Crippen molar-refractivity contribution in [3.05, 3.63) is 28.2 Å². The Morgan fingerprint density at radius 2 is 2.00 bits per heavy atom. The number of benzene rings is 1. The zero-order valence-electron chi connectivity index (χ0n) is 10.1. The average molecular weight is 321 g/mol. The number of nitrogens with one attached hydrogen (secondary N) is 1. The molecule has 0 heterocycles. The third-order valence-corrected chi connectivity index (χ3v) is 2.94. The molecule has 100 valence electrons. The maximum absolute atomic E-state index is 13.4. The maximum Gasteiger partial charge on any atom is 0.241 e. The molecule has 0 saturated carbocycles. The molecule has 1 aromatic rings. The first-order valence-corrected chi connectivity index (χ1v) is 6.31. The van der Waals surface area contributed by atoms with Crippen molar-refractivity contribution in [2.75, 3.05) is 5.32 Å². The molecule has 0 aliphatic heterocycles. The van der Waals surface area contributed by atoms with Crippen molar-refractivity contribution < 1.29 is 13.6 Å². The molecule has 1 atom stereocenters. The van der Waals surface area contributed by atoms with Gasteiger partial charge in [-0.05, 0) is 34.3 Å². The van der Waals surface area contributed by atoms with Gasteiger partial charge in [0.05, 0.1) is 16.2 Å². The van der Waals surface area contributed by atoms with E-state index in [4.69, 9.17) is 5.73 Å². The van der Waals surface area contributed by atoms with Gasteiger partial charge in [-0.15, -0.1) is 0 Å². The van der Waals surface area contributed by atoms with Crippen LogP contribution in [0.25, 0.3) is 0 Å². The van der Waals surface area contributed by atoms with Crippen molar-refractivity contribution in [1.29, 1.82) is 0 Å². The van der Waals surface area contributed by atoms with E-state index >= 15 is 0 Å². The van der Waals surface area contributed by atoms with Crippen molar-refractivity contribution in [3.63, 3.8) is 0 Å². The number of hydrogen-bond donors (Lipinski definition) is 2. The molecule has 0 aliphatic rings. The van der Waals surface area contributed by atoms with Crippen LogP contribution in [-0.4, -0.2) is 11.9 Å². The van der Waals surface area contributed by atoms with Crippen molar-refractivity contribution >= 4 is 27.5 Å². The Hall–Kier alpha value is -1.01. The number of hydrogen-bond acceptors (Lipinski definition) is 2. The Bertz CT molecular complexity index is 452. The standard InChI is InChI=1S/C12H15BrF2N2O/c1-6(2)3-10(16)12(18)17-11-4-7(13)8(14)5-9(11)15/h4-6,10H,3,16H2,1-2H3,(H,17,18)/t10-/m0/s1. The van der Waals surface area contributed by atoms with E-state index in [1.807, 2.05) is 13.8 Å². The summed E-state index contributed by atoms with van der Waals surface area (Å²) in [5, 5.41) is 2.35. The molecule has 1 amide bonds. The number of anilines is 1. The number of carbonyl (C=O) groups excluding carboxylic acids is 1. The van der Waals surface area contributed by atoms with E-state index in [-0.39, 0.29) is 16.1 Å². The molecule has 0 aromatic heterocycles. The summed E-state index contributed by atoms with van der Waals surface area (Å²) in [6.45, 7) is 3.87. The lowest BCUT2D eigenvalue weighted by Crippen LogP contribution is -2.36. The van der Waals surface area contributed by atoms with Gasteiger partial charge in [0.2, 0.25) is 5.91 Å². The minimum Gasteiger partial charge on any atom is -0.322 e. The lowest BCUT2D eigenvalue weighted by atomic mass is 10.0. The SMILES string of the molecule is CC(C)C[C@H](N)C(=O)Nc1cc(Br)c(F)cc1F. The second-order valence-electron chi connectivity index (χ2n) is 4.47. The minimum atomic E-state index is -0.833. The van der Waals surface area contributed by atoms with Crippen LogP contribution in [0.2, 0.25) is 0 Å². The molecule has 1 rings (SSSR count). The summed E-state index contributed by atoms with van der Waals surface area (Å²) in [6, 6.07) is 1.16. The Kier molecular flexibility index (Phi) is 5.22. The third kappa shape index (κ3) is 4.03. The number of rotatable bonds is 4. The molecule has 0 radical (unpaired) electrons. The smallest absolute Gasteiger partial charge is 0.241 e. The van der Waals surface area contributed by atoms with Gasteiger partial charge in [-0.25, -0.2) is 8.78 Å². The highest BCUT2D eigenvalue weighted by molar-refractivity contribution is 9.10. The van der Waals surface area contributed by atoms with E-state index in [1.54, 1.807) is 0 Å². The first-order valence-electron chi connectivity index (χ1n) is 5.52. The van der Waals surface area contributed by atoms with Gasteiger partial charge in [0, 0.05) is 6.07 Å². The van der Waals surface area contributed by atoms with E-state index < -0.39 is 23.6 Å². The maximum atomic E-state index is 13.4. The summed E-state index contributed by atoms with van der Waals surface area (Å²) < 4.78 is 26.5. The van der Waals surface area contributed by atoms with Gasteiger partial charge in [0.15, 0.2) is 0 Å². The van der Waals surface area contributed by atoms with Crippen LogP contribution in [0.5, 0.6) is 0 Å². The predicted molar refractivity (Wildman–Crippen MR) is 70.1 cm³/mol. The molecule has 3 nitrogen and oxygen atoms in total. The molecular weight excluding hydrogens is 306 g/mol. The first kappa shape index (κ1) is 15.0. The van der Waals surface area contributed by atoms with Crippen LogP contribution in [0.15, 0.2) is 16.6 Å². The fourth-order valence-corrected chi connectivity index (χ4v) is 1.80. The lowest BCUT2D eigenvalue weighted by molar-refractivity contribution is -0.117. The molecular formula is C12H15BrF2N2O. The molecule has 0 aliphatic carbocycles. The monoisotopic (exact) mass is 320 g/mol. The zero-order valence-corrected chi connectivity index (χ0v) is 11.7. The average Bonchev–Trinajstić information content (AvgIpc) is 2.24. The van der Waals surface area contributed by atoms with Crippen molar-refractivity contribution in [2.45, 2.75) is 26.3 Å².